The summed E-state index contributed by atoms with van der Waals surface area (Å²) in [5, 5.41) is 3.24. The lowest BCUT2D eigenvalue weighted by Gasteiger charge is -2.28. The largest absolute Gasteiger partial charge is 0.484 e. The first-order chi connectivity index (χ1) is 10.1. The van der Waals surface area contributed by atoms with Crippen molar-refractivity contribution in [2.75, 3.05) is 19.7 Å². The number of aryl methyl sites for hydroxylation is 1. The zero-order valence-electron chi connectivity index (χ0n) is 12.0. The first kappa shape index (κ1) is 16.2. The Morgan fingerprint density at radius 2 is 2.10 bits per heavy atom. The van der Waals surface area contributed by atoms with Gasteiger partial charge in [-0.1, -0.05) is 15.9 Å². The quantitative estimate of drug-likeness (QED) is 0.830. The van der Waals surface area contributed by atoms with Gasteiger partial charge in [0.2, 0.25) is 0 Å². The fourth-order valence-corrected chi connectivity index (χ4v) is 2.73. The number of nitrogens with one attached hydrogen (secondary N) is 1. The van der Waals surface area contributed by atoms with E-state index in [-0.39, 0.29) is 12.5 Å². The van der Waals surface area contributed by atoms with Crippen molar-refractivity contribution in [3.63, 3.8) is 0 Å². The smallest absolute Gasteiger partial charge is 0.264 e. The second-order valence-corrected chi connectivity index (χ2v) is 6.34. The summed E-state index contributed by atoms with van der Waals surface area (Å²) in [5.41, 5.74) is 1.07. The molecule has 0 unspecified atom stereocenters. The van der Waals surface area contributed by atoms with Gasteiger partial charge < -0.3 is 15.0 Å². The van der Waals surface area contributed by atoms with Crippen molar-refractivity contribution >= 4 is 39.2 Å². The average Bonchev–Trinajstić information content (AvgIpc) is 2.49. The van der Waals surface area contributed by atoms with E-state index >= 15 is 0 Å². The van der Waals surface area contributed by atoms with E-state index in [9.17, 15) is 4.79 Å². The molecule has 1 aromatic carbocycles. The van der Waals surface area contributed by atoms with Crippen molar-refractivity contribution in [3.8, 4) is 5.75 Å². The highest BCUT2D eigenvalue weighted by atomic mass is 79.9. The average molecular weight is 371 g/mol. The lowest BCUT2D eigenvalue weighted by atomic mass is 10.1. The van der Waals surface area contributed by atoms with E-state index in [4.69, 9.17) is 17.0 Å². The fourth-order valence-electron chi connectivity index (χ4n) is 2.19. The van der Waals surface area contributed by atoms with Gasteiger partial charge in [0.05, 0.1) is 0 Å². The van der Waals surface area contributed by atoms with Crippen LogP contribution in [0.5, 0.6) is 5.75 Å². The molecule has 2 rings (SSSR count). The van der Waals surface area contributed by atoms with E-state index in [1.807, 2.05) is 30.0 Å². The molecule has 0 radical (unpaired) electrons. The lowest BCUT2D eigenvalue weighted by Crippen LogP contribution is -2.46. The first-order valence-electron chi connectivity index (χ1n) is 7.04. The van der Waals surface area contributed by atoms with Crippen LogP contribution in [0, 0.1) is 6.92 Å². The van der Waals surface area contributed by atoms with Crippen LogP contribution in [0.15, 0.2) is 22.7 Å². The van der Waals surface area contributed by atoms with Gasteiger partial charge in [-0.15, -0.1) is 0 Å². The van der Waals surface area contributed by atoms with E-state index in [1.54, 1.807) is 0 Å². The number of rotatable bonds is 3. The Balaban J connectivity index is 1.78. The Hall–Kier alpha value is -1.14. The zero-order valence-corrected chi connectivity index (χ0v) is 14.4. The highest BCUT2D eigenvalue weighted by Gasteiger charge is 2.15. The van der Waals surface area contributed by atoms with Crippen molar-refractivity contribution in [2.24, 2.45) is 0 Å². The third-order valence-corrected chi connectivity index (χ3v) is 4.64. The number of hydrogen-bond donors (Lipinski definition) is 1. The van der Waals surface area contributed by atoms with Gasteiger partial charge in [0, 0.05) is 17.6 Å². The summed E-state index contributed by atoms with van der Waals surface area (Å²) in [5.74, 6) is 0.459. The number of thiocarbonyl (C=S) groups is 1. The number of amides is 1. The third-order valence-electron chi connectivity index (χ3n) is 3.39. The van der Waals surface area contributed by atoms with Crippen LogP contribution >= 0.6 is 28.1 Å². The van der Waals surface area contributed by atoms with Crippen LogP contribution in [0.4, 0.5) is 0 Å². The Bertz CT molecular complexity index is 530. The minimum atomic E-state index is -0.217. The van der Waals surface area contributed by atoms with Gasteiger partial charge in [-0.2, -0.15) is 0 Å². The van der Waals surface area contributed by atoms with Gasteiger partial charge >= 0.3 is 0 Å². The summed E-state index contributed by atoms with van der Waals surface area (Å²) >= 11 is 8.68. The number of halogens is 1. The van der Waals surface area contributed by atoms with Crippen LogP contribution in [-0.2, 0) is 4.79 Å². The molecule has 4 nitrogen and oxygen atoms in total. The standard InChI is InChI=1S/C15H19BrN2O2S/c1-11-9-12(5-6-13(11)16)20-10-14(19)17-15(21)18-7-3-2-4-8-18/h5-6,9H,2-4,7-8,10H2,1H3,(H,17,19,21). The molecule has 0 aromatic heterocycles. The SMILES string of the molecule is Cc1cc(OCC(=O)NC(=S)N2CCCCC2)ccc1Br. The minimum absolute atomic E-state index is 0.0327. The summed E-state index contributed by atoms with van der Waals surface area (Å²) in [7, 11) is 0. The Labute approximate surface area is 139 Å². The molecule has 0 bridgehead atoms. The molecule has 1 N–H and O–H groups in total. The lowest BCUT2D eigenvalue weighted by molar-refractivity contribution is -0.121. The van der Waals surface area contributed by atoms with E-state index in [0.717, 1.165) is 36.0 Å². The minimum Gasteiger partial charge on any atom is -0.484 e. The monoisotopic (exact) mass is 370 g/mol. The highest BCUT2D eigenvalue weighted by Crippen LogP contribution is 2.21. The second-order valence-electron chi connectivity index (χ2n) is 5.10. The van der Waals surface area contributed by atoms with Crippen molar-refractivity contribution < 1.29 is 9.53 Å². The molecular formula is C15H19BrN2O2S. The number of likely N-dealkylation sites (tertiary alicyclic amines) is 1. The van der Waals surface area contributed by atoms with Crippen LogP contribution < -0.4 is 10.1 Å². The predicted molar refractivity (Wildman–Crippen MR) is 90.5 cm³/mol. The number of hydrogen-bond acceptors (Lipinski definition) is 3. The van der Waals surface area contributed by atoms with E-state index < -0.39 is 0 Å². The first-order valence-corrected chi connectivity index (χ1v) is 8.24. The second kappa shape index (κ2) is 7.75. The zero-order chi connectivity index (χ0) is 15.2. The number of piperidine rings is 1. The predicted octanol–water partition coefficient (Wildman–Crippen LogP) is 3.02. The molecule has 114 valence electrons. The fraction of sp³-hybridized carbons (Fsp3) is 0.467. The normalized spacial score (nSPS) is 14.7. The van der Waals surface area contributed by atoms with Crippen molar-refractivity contribution in [3.05, 3.63) is 28.2 Å². The molecule has 21 heavy (non-hydrogen) atoms. The summed E-state index contributed by atoms with van der Waals surface area (Å²) in [4.78, 5) is 13.9. The molecule has 0 aliphatic carbocycles. The van der Waals surface area contributed by atoms with Gasteiger partial charge in [0.25, 0.3) is 5.91 Å². The van der Waals surface area contributed by atoms with Crippen molar-refractivity contribution in [2.45, 2.75) is 26.2 Å². The molecule has 1 aliphatic rings. The molecule has 1 aliphatic heterocycles. The number of carbonyl (C=O) groups is 1. The molecular weight excluding hydrogens is 352 g/mol. The van der Waals surface area contributed by atoms with Crippen LogP contribution in [0.1, 0.15) is 24.8 Å². The van der Waals surface area contributed by atoms with E-state index in [1.165, 1.54) is 6.42 Å². The van der Waals surface area contributed by atoms with Crippen LogP contribution in [-0.4, -0.2) is 35.6 Å². The molecule has 1 amide bonds. The Kier molecular flexibility index (Phi) is 5.99. The van der Waals surface area contributed by atoms with Gasteiger partial charge in [-0.3, -0.25) is 4.79 Å². The Morgan fingerprint density at radius 1 is 1.38 bits per heavy atom. The van der Waals surface area contributed by atoms with Crippen molar-refractivity contribution in [1.82, 2.24) is 10.2 Å². The van der Waals surface area contributed by atoms with Gasteiger partial charge in [0.1, 0.15) is 5.75 Å². The molecule has 0 atom stereocenters. The molecule has 1 saturated heterocycles. The summed E-state index contributed by atoms with van der Waals surface area (Å²) < 4.78 is 6.50. The molecule has 1 aromatic rings. The summed E-state index contributed by atoms with van der Waals surface area (Å²) in [6, 6.07) is 5.62. The maximum atomic E-state index is 11.9. The van der Waals surface area contributed by atoms with Crippen LogP contribution in [0.25, 0.3) is 0 Å². The van der Waals surface area contributed by atoms with Crippen LogP contribution in [0.3, 0.4) is 0 Å². The number of benzene rings is 1. The van der Waals surface area contributed by atoms with Gasteiger partial charge in [-0.25, -0.2) is 0 Å². The molecule has 6 heteroatoms. The maximum absolute atomic E-state index is 11.9. The molecule has 0 saturated carbocycles. The number of carbonyl (C=O) groups excluding carboxylic acids is 1. The van der Waals surface area contributed by atoms with Gasteiger partial charge in [-0.05, 0) is 62.2 Å². The molecule has 1 fully saturated rings. The summed E-state index contributed by atoms with van der Waals surface area (Å²) in [6.45, 7) is 3.79. The molecule has 1 heterocycles. The maximum Gasteiger partial charge on any atom is 0.264 e. The Morgan fingerprint density at radius 3 is 2.76 bits per heavy atom. The summed E-state index contributed by atoms with van der Waals surface area (Å²) in [6.07, 6.45) is 3.49. The van der Waals surface area contributed by atoms with E-state index in [0.29, 0.717) is 10.9 Å². The third kappa shape index (κ3) is 4.97. The molecule has 0 spiro atoms. The highest BCUT2D eigenvalue weighted by molar-refractivity contribution is 9.10. The van der Waals surface area contributed by atoms with Gasteiger partial charge in [0.15, 0.2) is 11.7 Å². The van der Waals surface area contributed by atoms with Crippen LogP contribution in [0.2, 0.25) is 0 Å². The number of ether oxygens (including phenoxy) is 1. The number of nitrogens with zero attached hydrogens (tertiary/aromatic N) is 1. The van der Waals surface area contributed by atoms with E-state index in [2.05, 4.69) is 21.2 Å². The topological polar surface area (TPSA) is 41.6 Å². The van der Waals surface area contributed by atoms with Crippen molar-refractivity contribution in [1.29, 1.82) is 0 Å².